The minimum Gasteiger partial charge on any atom is -0.385 e. The average molecular weight is 314 g/mol. The first-order chi connectivity index (χ1) is 11.0. The molecule has 23 heavy (non-hydrogen) atoms. The Morgan fingerprint density at radius 2 is 1.30 bits per heavy atom. The molecule has 1 N–H and O–H groups in total. The van der Waals surface area contributed by atoms with Crippen molar-refractivity contribution in [2.45, 2.75) is 12.0 Å². The molecule has 0 radical (unpaired) electrons. The van der Waals surface area contributed by atoms with E-state index in [1.807, 2.05) is 12.1 Å². The fraction of sp³-hybridized carbons (Fsp3) is 0.400. The second-order valence-corrected chi connectivity index (χ2v) is 7.04. The van der Waals surface area contributed by atoms with Crippen molar-refractivity contribution in [3.63, 3.8) is 0 Å². The van der Waals surface area contributed by atoms with Crippen LogP contribution in [-0.2, 0) is 4.74 Å². The van der Waals surface area contributed by atoms with Crippen molar-refractivity contribution in [3.05, 3.63) is 71.8 Å². The lowest BCUT2D eigenvalue weighted by molar-refractivity contribution is -0.873. The normalized spacial score (nSPS) is 13.3. The summed E-state index contributed by atoms with van der Waals surface area (Å²) in [6.07, 6.45) is -0.442. The van der Waals surface area contributed by atoms with Crippen LogP contribution in [0.4, 0.5) is 0 Å². The summed E-state index contributed by atoms with van der Waals surface area (Å²) in [5.41, 5.74) is 2.47. The number of aliphatic hydroxyl groups excluding tert-OH is 1. The Morgan fingerprint density at radius 1 is 0.826 bits per heavy atom. The van der Waals surface area contributed by atoms with E-state index in [0.29, 0.717) is 19.8 Å². The highest BCUT2D eigenvalue weighted by Gasteiger charge is 2.18. The molecule has 3 nitrogen and oxygen atoms in total. The highest BCUT2D eigenvalue weighted by atomic mass is 16.5. The van der Waals surface area contributed by atoms with E-state index in [4.69, 9.17) is 4.74 Å². The van der Waals surface area contributed by atoms with Crippen LogP contribution < -0.4 is 0 Å². The Kier molecular flexibility index (Phi) is 6.34. The van der Waals surface area contributed by atoms with Crippen LogP contribution in [0.1, 0.15) is 17.0 Å². The third kappa shape index (κ3) is 6.14. The molecule has 0 aromatic heterocycles. The molecule has 0 heterocycles. The Labute approximate surface area is 139 Å². The van der Waals surface area contributed by atoms with Gasteiger partial charge in [-0.1, -0.05) is 60.7 Å². The van der Waals surface area contributed by atoms with E-state index in [-0.39, 0.29) is 5.92 Å². The zero-order valence-electron chi connectivity index (χ0n) is 14.4. The number of likely N-dealkylation sites (N-methyl/N-ethyl adjacent to an activating group) is 1. The SMILES string of the molecule is C[N+](C)(C)CC(O)COCC(c1ccccc1)c1ccccc1. The van der Waals surface area contributed by atoms with Gasteiger partial charge in [0.05, 0.1) is 34.4 Å². The Hall–Kier alpha value is -1.68. The van der Waals surface area contributed by atoms with E-state index in [0.717, 1.165) is 4.48 Å². The maximum Gasteiger partial charge on any atom is 0.126 e. The second-order valence-electron chi connectivity index (χ2n) is 7.04. The summed E-state index contributed by atoms with van der Waals surface area (Å²) in [6, 6.07) is 20.8. The van der Waals surface area contributed by atoms with E-state index in [9.17, 15) is 5.11 Å². The highest BCUT2D eigenvalue weighted by molar-refractivity contribution is 5.32. The van der Waals surface area contributed by atoms with E-state index >= 15 is 0 Å². The molecule has 2 aromatic carbocycles. The molecule has 1 unspecified atom stereocenters. The molecule has 0 fully saturated rings. The molecular formula is C20H28NO2+. The first kappa shape index (κ1) is 17.7. The summed E-state index contributed by atoms with van der Waals surface area (Å²) in [7, 11) is 6.21. The molecule has 1 atom stereocenters. The van der Waals surface area contributed by atoms with Crippen LogP contribution in [0.25, 0.3) is 0 Å². The average Bonchev–Trinajstić information content (AvgIpc) is 2.51. The molecule has 0 amide bonds. The predicted octanol–water partition coefficient (Wildman–Crippen LogP) is 2.90. The third-order valence-electron chi connectivity index (χ3n) is 3.76. The van der Waals surface area contributed by atoms with E-state index < -0.39 is 6.10 Å². The number of nitrogens with zero attached hydrogens (tertiary/aromatic N) is 1. The van der Waals surface area contributed by atoms with Crippen LogP contribution in [0, 0.1) is 0 Å². The summed E-state index contributed by atoms with van der Waals surface area (Å²) >= 11 is 0. The fourth-order valence-electron chi connectivity index (χ4n) is 2.76. The second kappa shape index (κ2) is 8.25. The van der Waals surface area contributed by atoms with Crippen LogP contribution in [0.3, 0.4) is 0 Å². The molecule has 0 saturated carbocycles. The number of hydrogen-bond donors (Lipinski definition) is 1. The van der Waals surface area contributed by atoms with Crippen LogP contribution in [0.5, 0.6) is 0 Å². The van der Waals surface area contributed by atoms with Gasteiger partial charge in [0, 0.05) is 5.92 Å². The maximum atomic E-state index is 10.1. The van der Waals surface area contributed by atoms with Gasteiger partial charge < -0.3 is 14.3 Å². The highest BCUT2D eigenvalue weighted by Crippen LogP contribution is 2.24. The van der Waals surface area contributed by atoms with E-state index in [2.05, 4.69) is 69.7 Å². The van der Waals surface area contributed by atoms with Crippen LogP contribution in [0.15, 0.2) is 60.7 Å². The van der Waals surface area contributed by atoms with Gasteiger partial charge in [-0.05, 0) is 11.1 Å². The quantitative estimate of drug-likeness (QED) is 0.759. The number of benzene rings is 2. The first-order valence-electron chi connectivity index (χ1n) is 8.12. The fourth-order valence-corrected chi connectivity index (χ4v) is 2.76. The van der Waals surface area contributed by atoms with Gasteiger partial charge in [0.2, 0.25) is 0 Å². The summed E-state index contributed by atoms with van der Waals surface area (Å²) in [5, 5.41) is 10.1. The summed E-state index contributed by atoms with van der Waals surface area (Å²) in [4.78, 5) is 0. The number of ether oxygens (including phenoxy) is 1. The molecular weight excluding hydrogens is 286 g/mol. The lowest BCUT2D eigenvalue weighted by atomic mass is 9.92. The van der Waals surface area contributed by atoms with Crippen molar-refractivity contribution < 1.29 is 14.3 Å². The van der Waals surface area contributed by atoms with Gasteiger partial charge in [-0.15, -0.1) is 0 Å². The molecule has 3 heteroatoms. The molecule has 0 saturated heterocycles. The van der Waals surface area contributed by atoms with Gasteiger partial charge in [-0.3, -0.25) is 0 Å². The van der Waals surface area contributed by atoms with Crippen molar-refractivity contribution in [2.24, 2.45) is 0 Å². The minimum atomic E-state index is -0.442. The van der Waals surface area contributed by atoms with Crippen molar-refractivity contribution in [1.82, 2.24) is 0 Å². The summed E-state index contributed by atoms with van der Waals surface area (Å²) < 4.78 is 6.58. The number of rotatable bonds is 8. The largest absolute Gasteiger partial charge is 0.385 e. The van der Waals surface area contributed by atoms with Gasteiger partial charge in [0.15, 0.2) is 0 Å². The molecule has 2 rings (SSSR count). The van der Waals surface area contributed by atoms with Crippen LogP contribution >= 0.6 is 0 Å². The maximum absolute atomic E-state index is 10.1. The minimum absolute atomic E-state index is 0.189. The van der Waals surface area contributed by atoms with Crippen molar-refractivity contribution in [3.8, 4) is 0 Å². The van der Waals surface area contributed by atoms with Crippen molar-refractivity contribution in [1.29, 1.82) is 0 Å². The summed E-state index contributed by atoms with van der Waals surface area (Å²) in [6.45, 7) is 1.62. The third-order valence-corrected chi connectivity index (χ3v) is 3.76. The molecule has 2 aromatic rings. The molecule has 0 spiro atoms. The predicted molar refractivity (Wildman–Crippen MR) is 94.5 cm³/mol. The monoisotopic (exact) mass is 314 g/mol. The standard InChI is InChI=1S/C20H28NO2/c1-21(2,3)14-19(22)15-23-16-20(17-10-6-4-7-11-17)18-12-8-5-9-13-18/h4-13,19-20,22H,14-16H2,1-3H3/q+1. The van der Waals surface area contributed by atoms with Gasteiger partial charge in [0.1, 0.15) is 12.6 Å². The van der Waals surface area contributed by atoms with Gasteiger partial charge in [0.25, 0.3) is 0 Å². The molecule has 0 aliphatic heterocycles. The number of hydrogen-bond acceptors (Lipinski definition) is 2. The van der Waals surface area contributed by atoms with Gasteiger partial charge in [-0.2, -0.15) is 0 Å². The topological polar surface area (TPSA) is 29.5 Å². The van der Waals surface area contributed by atoms with Crippen molar-refractivity contribution >= 4 is 0 Å². The van der Waals surface area contributed by atoms with E-state index in [1.165, 1.54) is 11.1 Å². The molecule has 0 aliphatic rings. The summed E-state index contributed by atoms with van der Waals surface area (Å²) in [5.74, 6) is 0.189. The Balaban J connectivity index is 2.00. The number of aliphatic hydroxyl groups is 1. The van der Waals surface area contributed by atoms with Crippen molar-refractivity contribution in [2.75, 3.05) is 40.9 Å². The van der Waals surface area contributed by atoms with Gasteiger partial charge in [-0.25, -0.2) is 0 Å². The lowest BCUT2D eigenvalue weighted by Crippen LogP contribution is -2.43. The molecule has 0 bridgehead atoms. The van der Waals surface area contributed by atoms with E-state index in [1.54, 1.807) is 0 Å². The molecule has 0 aliphatic carbocycles. The smallest absolute Gasteiger partial charge is 0.126 e. The molecule has 124 valence electrons. The van der Waals surface area contributed by atoms with Crippen LogP contribution in [0.2, 0.25) is 0 Å². The first-order valence-corrected chi connectivity index (χ1v) is 8.12. The van der Waals surface area contributed by atoms with Gasteiger partial charge >= 0.3 is 0 Å². The zero-order chi connectivity index (χ0) is 16.7. The van der Waals surface area contributed by atoms with Crippen LogP contribution in [-0.4, -0.2) is 56.6 Å². The Morgan fingerprint density at radius 3 is 1.74 bits per heavy atom. The lowest BCUT2D eigenvalue weighted by Gasteiger charge is -2.27. The zero-order valence-corrected chi connectivity index (χ0v) is 14.4. The Bertz CT molecular complexity index is 524. The number of quaternary nitrogens is 1.